The third-order valence-electron chi connectivity index (χ3n) is 3.86. The zero-order chi connectivity index (χ0) is 21.4. The highest BCUT2D eigenvalue weighted by molar-refractivity contribution is 7.89. The number of ether oxygens (including phenoxy) is 2. The molecule has 1 amide bonds. The lowest BCUT2D eigenvalue weighted by atomic mass is 10.1. The van der Waals surface area contributed by atoms with Crippen molar-refractivity contribution in [3.8, 4) is 0 Å². The van der Waals surface area contributed by atoms with E-state index >= 15 is 0 Å². The molecule has 0 aliphatic rings. The van der Waals surface area contributed by atoms with Crippen LogP contribution >= 0.6 is 0 Å². The van der Waals surface area contributed by atoms with Crippen LogP contribution in [0.2, 0.25) is 0 Å². The highest BCUT2D eigenvalue weighted by Gasteiger charge is 2.16. The van der Waals surface area contributed by atoms with E-state index in [0.717, 1.165) is 5.56 Å². The third kappa shape index (κ3) is 6.97. The summed E-state index contributed by atoms with van der Waals surface area (Å²) in [5, 5.41) is 2.71. The summed E-state index contributed by atoms with van der Waals surface area (Å²) >= 11 is 0. The van der Waals surface area contributed by atoms with E-state index in [1.165, 1.54) is 31.4 Å². The minimum Gasteiger partial charge on any atom is -0.468 e. The van der Waals surface area contributed by atoms with Gasteiger partial charge in [-0.25, -0.2) is 8.42 Å². The van der Waals surface area contributed by atoms with E-state index in [0.29, 0.717) is 17.9 Å². The molecule has 0 aliphatic carbocycles. The van der Waals surface area contributed by atoms with E-state index in [-0.39, 0.29) is 16.9 Å². The van der Waals surface area contributed by atoms with Gasteiger partial charge in [-0.1, -0.05) is 12.1 Å². The maximum atomic E-state index is 12.4. The minimum atomic E-state index is -3.85. The SMILES string of the molecule is COC(=O)CNS(=O)(=O)c1ccc(NC(=O)c2ccc(COC(C)C)cc2)cc1. The number of benzene rings is 2. The van der Waals surface area contributed by atoms with Crippen molar-refractivity contribution >= 4 is 27.6 Å². The van der Waals surface area contributed by atoms with Crippen molar-refractivity contribution in [3.05, 3.63) is 59.7 Å². The number of hydrogen-bond acceptors (Lipinski definition) is 6. The highest BCUT2D eigenvalue weighted by atomic mass is 32.2. The minimum absolute atomic E-state index is 0.0334. The van der Waals surface area contributed by atoms with Crippen molar-refractivity contribution in [3.63, 3.8) is 0 Å². The molecule has 29 heavy (non-hydrogen) atoms. The number of carbonyl (C=O) groups is 2. The molecule has 9 heteroatoms. The van der Waals surface area contributed by atoms with Gasteiger partial charge >= 0.3 is 5.97 Å². The Morgan fingerprint density at radius 1 is 1.00 bits per heavy atom. The van der Waals surface area contributed by atoms with Crippen molar-refractivity contribution in [2.75, 3.05) is 19.0 Å². The summed E-state index contributed by atoms with van der Waals surface area (Å²) in [7, 11) is -2.69. The lowest BCUT2D eigenvalue weighted by Crippen LogP contribution is -2.30. The topological polar surface area (TPSA) is 111 Å². The molecule has 2 rings (SSSR count). The van der Waals surface area contributed by atoms with Gasteiger partial charge in [0.05, 0.1) is 24.7 Å². The van der Waals surface area contributed by atoms with Gasteiger partial charge in [0.15, 0.2) is 0 Å². The third-order valence-corrected chi connectivity index (χ3v) is 5.27. The number of rotatable bonds is 9. The van der Waals surface area contributed by atoms with Gasteiger partial charge in [0.25, 0.3) is 5.91 Å². The summed E-state index contributed by atoms with van der Waals surface area (Å²) in [6.45, 7) is 3.91. The van der Waals surface area contributed by atoms with E-state index in [1.54, 1.807) is 12.1 Å². The first kappa shape index (κ1) is 22.5. The number of sulfonamides is 1. The van der Waals surface area contributed by atoms with Gasteiger partial charge in [0, 0.05) is 11.3 Å². The normalized spacial score (nSPS) is 11.3. The molecule has 156 valence electrons. The Morgan fingerprint density at radius 3 is 2.17 bits per heavy atom. The second-order valence-electron chi connectivity index (χ2n) is 6.44. The number of esters is 1. The number of carbonyl (C=O) groups excluding carboxylic acids is 2. The van der Waals surface area contributed by atoms with E-state index in [1.807, 2.05) is 26.0 Å². The largest absolute Gasteiger partial charge is 0.468 e. The molecule has 0 bridgehead atoms. The Balaban J connectivity index is 1.98. The van der Waals surface area contributed by atoms with Crippen molar-refractivity contribution < 1.29 is 27.5 Å². The van der Waals surface area contributed by atoms with Gasteiger partial charge in [0.2, 0.25) is 10.0 Å². The Kier molecular flexibility index (Phi) is 7.89. The molecule has 2 N–H and O–H groups in total. The van der Waals surface area contributed by atoms with Crippen LogP contribution < -0.4 is 10.0 Å². The molecule has 8 nitrogen and oxygen atoms in total. The summed E-state index contributed by atoms with van der Waals surface area (Å²) in [5.41, 5.74) is 1.87. The fourth-order valence-electron chi connectivity index (χ4n) is 2.25. The second kappa shape index (κ2) is 10.1. The van der Waals surface area contributed by atoms with Crippen molar-refractivity contribution in [1.29, 1.82) is 0 Å². The summed E-state index contributed by atoms with van der Waals surface area (Å²) < 4.78 is 36.3. The molecule has 0 saturated heterocycles. The van der Waals surface area contributed by atoms with Crippen LogP contribution in [-0.4, -0.2) is 40.1 Å². The van der Waals surface area contributed by atoms with Gasteiger partial charge in [-0.2, -0.15) is 4.72 Å². The van der Waals surface area contributed by atoms with Crippen LogP contribution in [0.1, 0.15) is 29.8 Å². The monoisotopic (exact) mass is 420 g/mol. The Bertz CT molecular complexity index is 938. The Labute approximate surface area is 170 Å². The lowest BCUT2D eigenvalue weighted by Gasteiger charge is -2.09. The zero-order valence-corrected chi connectivity index (χ0v) is 17.3. The van der Waals surface area contributed by atoms with E-state index < -0.39 is 22.5 Å². The lowest BCUT2D eigenvalue weighted by molar-refractivity contribution is -0.139. The van der Waals surface area contributed by atoms with Crippen molar-refractivity contribution in [1.82, 2.24) is 4.72 Å². The van der Waals surface area contributed by atoms with Gasteiger partial charge in [-0.3, -0.25) is 9.59 Å². The number of hydrogen-bond donors (Lipinski definition) is 2. The van der Waals surface area contributed by atoms with Gasteiger partial charge in [-0.05, 0) is 55.8 Å². The predicted molar refractivity (Wildman–Crippen MR) is 108 cm³/mol. The molecule has 0 fully saturated rings. The first-order valence-electron chi connectivity index (χ1n) is 8.89. The molecule has 0 atom stereocenters. The molecule has 0 unspecified atom stereocenters. The van der Waals surface area contributed by atoms with Crippen LogP contribution in [-0.2, 0) is 30.9 Å². The number of methoxy groups -OCH3 is 1. The van der Waals surface area contributed by atoms with Gasteiger partial charge in [-0.15, -0.1) is 0 Å². The first-order chi connectivity index (χ1) is 13.7. The quantitative estimate of drug-likeness (QED) is 0.603. The van der Waals surface area contributed by atoms with E-state index in [2.05, 4.69) is 14.8 Å². The van der Waals surface area contributed by atoms with Crippen LogP contribution in [0.4, 0.5) is 5.69 Å². The summed E-state index contributed by atoms with van der Waals surface area (Å²) in [6.07, 6.45) is 0.125. The van der Waals surface area contributed by atoms with E-state index in [9.17, 15) is 18.0 Å². The molecule has 0 aliphatic heterocycles. The maximum absolute atomic E-state index is 12.4. The van der Waals surface area contributed by atoms with Crippen LogP contribution in [0.3, 0.4) is 0 Å². The molecule has 0 radical (unpaired) electrons. The average molecular weight is 420 g/mol. The predicted octanol–water partition coefficient (Wildman–Crippen LogP) is 2.32. The first-order valence-corrected chi connectivity index (χ1v) is 10.4. The fraction of sp³-hybridized carbons (Fsp3) is 0.300. The molecular weight excluding hydrogens is 396 g/mol. The van der Waals surface area contributed by atoms with Gasteiger partial charge < -0.3 is 14.8 Å². The maximum Gasteiger partial charge on any atom is 0.320 e. The average Bonchev–Trinajstić information content (AvgIpc) is 2.71. The number of anilines is 1. The van der Waals surface area contributed by atoms with Crippen molar-refractivity contribution in [2.45, 2.75) is 31.5 Å². The summed E-state index contributed by atoms with van der Waals surface area (Å²) in [6, 6.07) is 12.6. The molecule has 0 spiro atoms. The van der Waals surface area contributed by atoms with Crippen molar-refractivity contribution in [2.24, 2.45) is 0 Å². The van der Waals surface area contributed by atoms with E-state index in [4.69, 9.17) is 4.74 Å². The standard InChI is InChI=1S/C20H24N2O6S/c1-14(2)28-13-15-4-6-16(7-5-15)20(24)22-17-8-10-18(11-9-17)29(25,26)21-12-19(23)27-3/h4-11,14,21H,12-13H2,1-3H3,(H,22,24). The summed E-state index contributed by atoms with van der Waals surface area (Å²) in [5.74, 6) is -1.01. The number of nitrogens with one attached hydrogen (secondary N) is 2. The van der Waals surface area contributed by atoms with Crippen LogP contribution in [0, 0.1) is 0 Å². The van der Waals surface area contributed by atoms with Crippen LogP contribution in [0.5, 0.6) is 0 Å². The second-order valence-corrected chi connectivity index (χ2v) is 8.20. The summed E-state index contributed by atoms with van der Waals surface area (Å²) in [4.78, 5) is 23.4. The Hall–Kier alpha value is -2.75. The molecular formula is C20H24N2O6S. The molecule has 0 aromatic heterocycles. The zero-order valence-electron chi connectivity index (χ0n) is 16.5. The fourth-order valence-corrected chi connectivity index (χ4v) is 3.21. The number of amides is 1. The molecule has 0 heterocycles. The highest BCUT2D eigenvalue weighted by Crippen LogP contribution is 2.15. The molecule has 2 aromatic rings. The van der Waals surface area contributed by atoms with Gasteiger partial charge in [0.1, 0.15) is 6.54 Å². The Morgan fingerprint density at radius 2 is 1.62 bits per heavy atom. The molecule has 2 aromatic carbocycles. The van der Waals surface area contributed by atoms with Crippen LogP contribution in [0.25, 0.3) is 0 Å². The van der Waals surface area contributed by atoms with Crippen LogP contribution in [0.15, 0.2) is 53.4 Å². The smallest absolute Gasteiger partial charge is 0.320 e. The molecule has 0 saturated carbocycles.